The third-order valence-electron chi connectivity index (χ3n) is 3.70. The van der Waals surface area contributed by atoms with Crippen LogP contribution in [0.4, 0.5) is 13.2 Å². The number of carbonyl (C=O) groups excluding carboxylic acids is 1. The van der Waals surface area contributed by atoms with Crippen molar-refractivity contribution in [1.29, 1.82) is 0 Å². The smallest absolute Gasteiger partial charge is 0.431 e. The van der Waals surface area contributed by atoms with Gasteiger partial charge in [0.25, 0.3) is 0 Å². The Labute approximate surface area is 157 Å². The van der Waals surface area contributed by atoms with Crippen LogP contribution >= 0.6 is 24.0 Å². The van der Waals surface area contributed by atoms with Crippen LogP contribution in [0.2, 0.25) is 5.02 Å². The van der Waals surface area contributed by atoms with Gasteiger partial charge >= 0.3 is 18.1 Å². The SMILES string of the molecule is COC(=O)C1=C(C(F)(F)F)NC(C)=C(C(=O)O)C1c1ccccc1Cl.Cl. The van der Waals surface area contributed by atoms with Gasteiger partial charge in [0.1, 0.15) is 5.70 Å². The van der Waals surface area contributed by atoms with Crippen molar-refractivity contribution in [3.05, 3.63) is 57.4 Å². The Morgan fingerprint density at radius 1 is 1.23 bits per heavy atom. The van der Waals surface area contributed by atoms with Crippen molar-refractivity contribution >= 4 is 35.9 Å². The number of halogens is 5. The van der Waals surface area contributed by atoms with E-state index in [0.717, 1.165) is 7.11 Å². The lowest BCUT2D eigenvalue weighted by Crippen LogP contribution is -2.38. The highest BCUT2D eigenvalue weighted by atomic mass is 35.5. The van der Waals surface area contributed by atoms with E-state index < -0.39 is 40.9 Å². The Balaban J connectivity index is 0.00000338. The molecule has 1 aliphatic heterocycles. The van der Waals surface area contributed by atoms with E-state index in [2.05, 4.69) is 4.74 Å². The Morgan fingerprint density at radius 2 is 1.81 bits per heavy atom. The molecule has 5 nitrogen and oxygen atoms in total. The number of hydrogen-bond acceptors (Lipinski definition) is 4. The number of nitrogens with one attached hydrogen (secondary N) is 1. The molecule has 26 heavy (non-hydrogen) atoms. The highest BCUT2D eigenvalue weighted by molar-refractivity contribution is 6.31. The molecule has 1 aliphatic rings. The van der Waals surface area contributed by atoms with E-state index in [4.69, 9.17) is 11.6 Å². The highest BCUT2D eigenvalue weighted by Crippen LogP contribution is 2.44. The Hall–Kier alpha value is -2.19. The predicted octanol–water partition coefficient (Wildman–Crippen LogP) is 3.80. The zero-order valence-corrected chi connectivity index (χ0v) is 15.1. The number of carboxylic acids is 1. The van der Waals surface area contributed by atoms with Crippen LogP contribution in [0, 0.1) is 0 Å². The maximum Gasteiger partial charge on any atom is 0.431 e. The summed E-state index contributed by atoms with van der Waals surface area (Å²) < 4.78 is 44.8. The van der Waals surface area contributed by atoms with Gasteiger partial charge in [0, 0.05) is 10.7 Å². The van der Waals surface area contributed by atoms with E-state index >= 15 is 0 Å². The highest BCUT2D eigenvalue weighted by Gasteiger charge is 2.47. The summed E-state index contributed by atoms with van der Waals surface area (Å²) in [6.45, 7) is 1.19. The standard InChI is InChI=1S/C16H13ClF3NO4.ClH/c1-7-10(14(22)23)11(8-5-3-4-6-9(8)17)12(15(24)25-2)13(21-7)16(18,19)20;/h3-6,11,21H,1-2H3,(H,22,23);1H. The average Bonchev–Trinajstić information content (AvgIpc) is 2.52. The quantitative estimate of drug-likeness (QED) is 0.739. The summed E-state index contributed by atoms with van der Waals surface area (Å²) >= 11 is 6.06. The van der Waals surface area contributed by atoms with Crippen LogP contribution in [0.1, 0.15) is 18.4 Å². The number of aliphatic carboxylic acids is 1. The second-order valence-electron chi connectivity index (χ2n) is 5.20. The van der Waals surface area contributed by atoms with Crippen LogP contribution < -0.4 is 5.32 Å². The van der Waals surface area contributed by atoms with Gasteiger partial charge in [-0.3, -0.25) is 0 Å². The van der Waals surface area contributed by atoms with Gasteiger partial charge in [-0.25, -0.2) is 9.59 Å². The number of carbonyl (C=O) groups is 2. The lowest BCUT2D eigenvalue weighted by Gasteiger charge is -2.31. The van der Waals surface area contributed by atoms with Gasteiger partial charge in [0.15, 0.2) is 0 Å². The molecule has 1 heterocycles. The maximum atomic E-state index is 13.4. The lowest BCUT2D eigenvalue weighted by molar-refractivity contribution is -0.138. The molecule has 10 heteroatoms. The summed E-state index contributed by atoms with van der Waals surface area (Å²) in [5, 5.41) is 11.5. The topological polar surface area (TPSA) is 75.6 Å². The fourth-order valence-corrected chi connectivity index (χ4v) is 2.93. The first-order chi connectivity index (χ1) is 11.6. The van der Waals surface area contributed by atoms with Crippen molar-refractivity contribution in [2.24, 2.45) is 0 Å². The van der Waals surface area contributed by atoms with Crippen LogP contribution in [-0.2, 0) is 14.3 Å². The van der Waals surface area contributed by atoms with Crippen LogP contribution in [0.5, 0.6) is 0 Å². The summed E-state index contributed by atoms with van der Waals surface area (Å²) in [5.74, 6) is -4.30. The molecule has 0 saturated heterocycles. The van der Waals surface area contributed by atoms with Gasteiger partial charge in [-0.2, -0.15) is 13.2 Å². The van der Waals surface area contributed by atoms with Crippen molar-refractivity contribution in [3.8, 4) is 0 Å². The lowest BCUT2D eigenvalue weighted by atomic mass is 9.80. The molecule has 0 radical (unpaired) electrons. The number of carboxylic acid groups (broad SMARTS) is 1. The van der Waals surface area contributed by atoms with E-state index in [9.17, 15) is 27.9 Å². The number of methoxy groups -OCH3 is 1. The van der Waals surface area contributed by atoms with Crippen molar-refractivity contribution in [2.75, 3.05) is 7.11 Å². The molecule has 1 unspecified atom stereocenters. The zero-order valence-electron chi connectivity index (χ0n) is 13.5. The number of rotatable bonds is 3. The molecule has 0 saturated carbocycles. The molecule has 2 rings (SSSR count). The molecular weight excluding hydrogens is 398 g/mol. The first kappa shape index (κ1) is 21.9. The van der Waals surface area contributed by atoms with Crippen molar-refractivity contribution < 1.29 is 32.6 Å². The molecule has 1 aromatic carbocycles. The minimum absolute atomic E-state index is 0. The number of benzene rings is 1. The van der Waals surface area contributed by atoms with Gasteiger partial charge in [-0.1, -0.05) is 29.8 Å². The molecule has 1 aromatic rings. The summed E-state index contributed by atoms with van der Waals surface area (Å²) in [6, 6.07) is 5.79. The first-order valence-electron chi connectivity index (χ1n) is 6.94. The monoisotopic (exact) mass is 411 g/mol. The van der Waals surface area contributed by atoms with Gasteiger partial charge in [0.05, 0.1) is 24.2 Å². The molecule has 0 spiro atoms. The first-order valence-corrected chi connectivity index (χ1v) is 7.32. The Kier molecular flexibility index (Phi) is 6.73. The largest absolute Gasteiger partial charge is 0.478 e. The number of ether oxygens (including phenoxy) is 1. The van der Waals surface area contributed by atoms with Crippen molar-refractivity contribution in [1.82, 2.24) is 5.32 Å². The second-order valence-corrected chi connectivity index (χ2v) is 5.61. The maximum absolute atomic E-state index is 13.4. The molecule has 0 aromatic heterocycles. The van der Waals surface area contributed by atoms with Crippen LogP contribution in [0.25, 0.3) is 0 Å². The van der Waals surface area contributed by atoms with Gasteiger partial charge in [-0.05, 0) is 18.6 Å². The summed E-state index contributed by atoms with van der Waals surface area (Å²) in [4.78, 5) is 23.8. The minimum Gasteiger partial charge on any atom is -0.478 e. The third-order valence-corrected chi connectivity index (χ3v) is 4.04. The van der Waals surface area contributed by atoms with Gasteiger partial charge in [-0.15, -0.1) is 12.4 Å². The molecule has 0 bridgehead atoms. The molecule has 2 N–H and O–H groups in total. The summed E-state index contributed by atoms with van der Waals surface area (Å²) in [6.07, 6.45) is -4.92. The number of hydrogen-bond donors (Lipinski definition) is 2. The van der Waals surface area contributed by atoms with E-state index in [1.54, 1.807) is 0 Å². The van der Waals surface area contributed by atoms with Gasteiger partial charge in [0.2, 0.25) is 0 Å². The summed E-state index contributed by atoms with van der Waals surface area (Å²) in [7, 11) is 0.915. The molecule has 0 fully saturated rings. The summed E-state index contributed by atoms with van der Waals surface area (Å²) in [5.41, 5.74) is -2.82. The van der Waals surface area contributed by atoms with E-state index in [1.807, 2.05) is 5.32 Å². The fourth-order valence-electron chi connectivity index (χ4n) is 2.68. The molecule has 1 atom stereocenters. The molecule has 0 amide bonds. The molecular formula is C16H14Cl2F3NO4. The fraction of sp³-hybridized carbons (Fsp3) is 0.250. The second kappa shape index (κ2) is 8.01. The van der Waals surface area contributed by atoms with Crippen molar-refractivity contribution in [3.63, 3.8) is 0 Å². The third kappa shape index (κ3) is 3.96. The van der Waals surface area contributed by atoms with E-state index in [0.29, 0.717) is 0 Å². The normalized spacial score (nSPS) is 17.4. The Morgan fingerprint density at radius 3 is 2.27 bits per heavy atom. The molecule has 0 aliphatic carbocycles. The number of esters is 1. The number of dihydropyridines is 1. The number of allylic oxidation sites excluding steroid dienone is 2. The number of alkyl halides is 3. The zero-order chi connectivity index (χ0) is 18.9. The Bertz CT molecular complexity index is 803. The van der Waals surface area contributed by atoms with Crippen LogP contribution in [0.15, 0.2) is 46.8 Å². The van der Waals surface area contributed by atoms with E-state index in [-0.39, 0.29) is 28.7 Å². The predicted molar refractivity (Wildman–Crippen MR) is 90.0 cm³/mol. The van der Waals surface area contributed by atoms with E-state index in [1.165, 1.54) is 31.2 Å². The van der Waals surface area contributed by atoms with Crippen LogP contribution in [0.3, 0.4) is 0 Å². The average molecular weight is 412 g/mol. The minimum atomic E-state index is -4.92. The van der Waals surface area contributed by atoms with Gasteiger partial charge < -0.3 is 15.2 Å². The van der Waals surface area contributed by atoms with Crippen LogP contribution in [-0.4, -0.2) is 30.3 Å². The molecule has 142 valence electrons. The van der Waals surface area contributed by atoms with Crippen molar-refractivity contribution in [2.45, 2.75) is 19.0 Å².